The van der Waals surface area contributed by atoms with E-state index >= 15 is 0 Å². The van der Waals surface area contributed by atoms with Crippen LogP contribution in [0.5, 0.6) is 0 Å². The maximum Gasteiger partial charge on any atom is 0.253 e. The van der Waals surface area contributed by atoms with Crippen molar-refractivity contribution in [1.82, 2.24) is 10.3 Å². The highest BCUT2D eigenvalue weighted by Crippen LogP contribution is 2.20. The Morgan fingerprint density at radius 3 is 2.90 bits per heavy atom. The van der Waals surface area contributed by atoms with Crippen LogP contribution in [0, 0.1) is 5.82 Å². The second-order valence-electron chi connectivity index (χ2n) is 4.97. The maximum absolute atomic E-state index is 13.2. The third kappa shape index (κ3) is 2.40. The van der Waals surface area contributed by atoms with Crippen LogP contribution < -0.4 is 5.32 Å². The monoisotopic (exact) mass is 296 g/mol. The first-order valence-corrected chi connectivity index (χ1v) is 8.05. The molecule has 1 unspecified atom stereocenters. The molecule has 1 aliphatic heterocycles. The van der Waals surface area contributed by atoms with Crippen molar-refractivity contribution < 1.29 is 17.6 Å². The lowest BCUT2D eigenvalue weighted by molar-refractivity contribution is 0.0943. The first-order chi connectivity index (χ1) is 9.44. The van der Waals surface area contributed by atoms with Gasteiger partial charge in [0.25, 0.3) is 5.91 Å². The van der Waals surface area contributed by atoms with Crippen LogP contribution in [0.2, 0.25) is 0 Å². The number of H-pyrrole nitrogens is 1. The number of carbonyl (C=O) groups excluding carboxylic acids is 1. The van der Waals surface area contributed by atoms with Crippen molar-refractivity contribution in [1.29, 1.82) is 0 Å². The lowest BCUT2D eigenvalue weighted by Crippen LogP contribution is -2.35. The first-order valence-electron chi connectivity index (χ1n) is 6.22. The van der Waals surface area contributed by atoms with Crippen molar-refractivity contribution in [3.8, 4) is 0 Å². The number of halogens is 1. The minimum Gasteiger partial charge on any atom is -0.360 e. The van der Waals surface area contributed by atoms with Gasteiger partial charge in [-0.3, -0.25) is 4.79 Å². The summed E-state index contributed by atoms with van der Waals surface area (Å²) in [6.07, 6.45) is 1.92. The zero-order chi connectivity index (χ0) is 14.3. The molecule has 7 heteroatoms. The number of aromatic nitrogens is 1. The summed E-state index contributed by atoms with van der Waals surface area (Å²) in [6.45, 7) is 0. The molecule has 0 aliphatic carbocycles. The maximum atomic E-state index is 13.2. The van der Waals surface area contributed by atoms with Gasteiger partial charge in [0.2, 0.25) is 0 Å². The number of rotatable bonds is 2. The Balaban J connectivity index is 1.84. The van der Waals surface area contributed by atoms with Gasteiger partial charge in [-0.05, 0) is 24.6 Å². The Morgan fingerprint density at radius 1 is 1.40 bits per heavy atom. The molecule has 0 spiro atoms. The molecule has 1 fully saturated rings. The topological polar surface area (TPSA) is 79.0 Å². The van der Waals surface area contributed by atoms with Crippen LogP contribution >= 0.6 is 0 Å². The molecule has 2 N–H and O–H groups in total. The molecule has 1 atom stereocenters. The lowest BCUT2D eigenvalue weighted by atomic mass is 10.1. The second-order valence-corrected chi connectivity index (χ2v) is 7.19. The summed E-state index contributed by atoms with van der Waals surface area (Å²) in [6, 6.07) is 3.78. The van der Waals surface area contributed by atoms with Crippen LogP contribution in [0.3, 0.4) is 0 Å². The minimum atomic E-state index is -3.04. The van der Waals surface area contributed by atoms with Crippen molar-refractivity contribution in [3.63, 3.8) is 0 Å². The number of nitrogens with one attached hydrogen (secondary N) is 2. The van der Waals surface area contributed by atoms with E-state index in [2.05, 4.69) is 10.3 Å². The third-order valence-electron chi connectivity index (χ3n) is 3.46. The van der Waals surface area contributed by atoms with Crippen molar-refractivity contribution in [2.24, 2.45) is 0 Å². The van der Waals surface area contributed by atoms with E-state index in [1.165, 1.54) is 18.3 Å². The standard InChI is InChI=1S/C13H13FN2O3S/c14-8-1-2-12-10(5-8)11(6-15-12)13(17)16-9-3-4-20(18,19)7-9/h1-2,5-6,9,15H,3-4,7H2,(H,16,17). The summed E-state index contributed by atoms with van der Waals surface area (Å²) < 4.78 is 36.0. The molecule has 1 aliphatic rings. The minimum absolute atomic E-state index is 0.0323. The number of hydrogen-bond donors (Lipinski definition) is 2. The number of hydrogen-bond acceptors (Lipinski definition) is 3. The highest BCUT2D eigenvalue weighted by Gasteiger charge is 2.29. The molecule has 2 heterocycles. The molecule has 2 aromatic rings. The van der Waals surface area contributed by atoms with E-state index in [0.29, 0.717) is 22.9 Å². The van der Waals surface area contributed by atoms with Gasteiger partial charge >= 0.3 is 0 Å². The highest BCUT2D eigenvalue weighted by atomic mass is 32.2. The molecule has 3 rings (SSSR count). The SMILES string of the molecule is O=C(NC1CCS(=O)(=O)C1)c1c[nH]c2ccc(F)cc12. The quantitative estimate of drug-likeness (QED) is 0.874. The fraction of sp³-hybridized carbons (Fsp3) is 0.308. The molecule has 1 aromatic carbocycles. The molecule has 106 valence electrons. The van der Waals surface area contributed by atoms with Crippen LogP contribution in [-0.4, -0.2) is 36.9 Å². The predicted octanol–water partition coefficient (Wildman–Crippen LogP) is 1.22. The number of sulfone groups is 1. The summed E-state index contributed by atoms with van der Waals surface area (Å²) in [4.78, 5) is 15.0. The summed E-state index contributed by atoms with van der Waals surface area (Å²) in [5.74, 6) is -0.742. The second kappa shape index (κ2) is 4.59. The summed E-state index contributed by atoms with van der Waals surface area (Å²) in [7, 11) is -3.04. The van der Waals surface area contributed by atoms with E-state index in [1.807, 2.05) is 0 Å². The number of benzene rings is 1. The zero-order valence-corrected chi connectivity index (χ0v) is 11.3. The number of aromatic amines is 1. The molecule has 5 nitrogen and oxygen atoms in total. The molecule has 1 amide bonds. The first kappa shape index (κ1) is 13.1. The molecule has 1 saturated heterocycles. The van der Waals surface area contributed by atoms with Gasteiger partial charge in [-0.1, -0.05) is 0 Å². The number of amides is 1. The van der Waals surface area contributed by atoms with E-state index in [-0.39, 0.29) is 23.5 Å². The van der Waals surface area contributed by atoms with Gasteiger partial charge in [-0.2, -0.15) is 0 Å². The van der Waals surface area contributed by atoms with Gasteiger partial charge in [0.1, 0.15) is 5.82 Å². The summed E-state index contributed by atoms with van der Waals surface area (Å²) in [5, 5.41) is 3.18. The average Bonchev–Trinajstić information content (AvgIpc) is 2.92. The van der Waals surface area contributed by atoms with E-state index in [9.17, 15) is 17.6 Å². The molecular formula is C13H13FN2O3S. The largest absolute Gasteiger partial charge is 0.360 e. The zero-order valence-electron chi connectivity index (χ0n) is 10.5. The number of carbonyl (C=O) groups is 1. The van der Waals surface area contributed by atoms with Crippen LogP contribution in [0.4, 0.5) is 4.39 Å². The molecule has 0 bridgehead atoms. The Morgan fingerprint density at radius 2 is 2.20 bits per heavy atom. The molecule has 20 heavy (non-hydrogen) atoms. The third-order valence-corrected chi connectivity index (χ3v) is 5.22. The van der Waals surface area contributed by atoms with Crippen molar-refractivity contribution in [2.75, 3.05) is 11.5 Å². The van der Waals surface area contributed by atoms with Gasteiger partial charge in [-0.25, -0.2) is 12.8 Å². The Hall–Kier alpha value is -1.89. The molecular weight excluding hydrogens is 283 g/mol. The van der Waals surface area contributed by atoms with E-state index in [1.54, 1.807) is 6.07 Å². The van der Waals surface area contributed by atoms with E-state index in [4.69, 9.17) is 0 Å². The van der Waals surface area contributed by atoms with Gasteiger partial charge in [0, 0.05) is 23.1 Å². The summed E-state index contributed by atoms with van der Waals surface area (Å²) >= 11 is 0. The van der Waals surface area contributed by atoms with Crippen molar-refractivity contribution in [2.45, 2.75) is 12.5 Å². The highest BCUT2D eigenvalue weighted by molar-refractivity contribution is 7.91. The predicted molar refractivity (Wildman–Crippen MR) is 72.8 cm³/mol. The van der Waals surface area contributed by atoms with Gasteiger partial charge in [0.15, 0.2) is 9.84 Å². The fourth-order valence-corrected chi connectivity index (χ4v) is 4.13. The summed E-state index contributed by atoms with van der Waals surface area (Å²) in [5.41, 5.74) is 0.986. The number of fused-ring (bicyclic) bond motifs is 1. The van der Waals surface area contributed by atoms with Gasteiger partial charge in [0.05, 0.1) is 17.1 Å². The average molecular weight is 296 g/mol. The normalized spacial score (nSPS) is 21.1. The molecule has 0 saturated carbocycles. The van der Waals surface area contributed by atoms with Gasteiger partial charge in [-0.15, -0.1) is 0 Å². The molecule has 1 aromatic heterocycles. The fourth-order valence-electron chi connectivity index (χ4n) is 2.45. The van der Waals surface area contributed by atoms with E-state index < -0.39 is 15.7 Å². The van der Waals surface area contributed by atoms with Crippen LogP contribution in [-0.2, 0) is 9.84 Å². The van der Waals surface area contributed by atoms with Crippen LogP contribution in [0.15, 0.2) is 24.4 Å². The van der Waals surface area contributed by atoms with Crippen molar-refractivity contribution >= 4 is 26.6 Å². The molecule has 0 radical (unpaired) electrons. The Kier molecular flexibility index (Phi) is 3.01. The van der Waals surface area contributed by atoms with Crippen LogP contribution in [0.25, 0.3) is 10.9 Å². The Bertz CT molecular complexity index is 782. The van der Waals surface area contributed by atoms with E-state index in [0.717, 1.165) is 0 Å². The van der Waals surface area contributed by atoms with Gasteiger partial charge < -0.3 is 10.3 Å². The van der Waals surface area contributed by atoms with Crippen molar-refractivity contribution in [3.05, 3.63) is 35.8 Å². The smallest absolute Gasteiger partial charge is 0.253 e. The lowest BCUT2D eigenvalue weighted by Gasteiger charge is -2.10. The Labute approximate surface area is 115 Å². The van der Waals surface area contributed by atoms with Crippen LogP contribution in [0.1, 0.15) is 16.8 Å².